The predicted molar refractivity (Wildman–Crippen MR) is 122 cm³/mol. The third-order valence-corrected chi connectivity index (χ3v) is 4.97. The van der Waals surface area contributed by atoms with Crippen LogP contribution in [0.15, 0.2) is 83.0 Å². The molecule has 7 nitrogen and oxygen atoms in total. The molecule has 0 heterocycles. The number of non-ortho nitro benzene ring substituents is 1. The van der Waals surface area contributed by atoms with E-state index in [0.717, 1.165) is 5.56 Å². The molecule has 0 fully saturated rings. The quantitative estimate of drug-likeness (QED) is 0.292. The molecule has 0 atom stereocenters. The van der Waals surface area contributed by atoms with Gasteiger partial charge in [0.25, 0.3) is 17.5 Å². The van der Waals surface area contributed by atoms with Gasteiger partial charge in [-0.2, -0.15) is 0 Å². The largest absolute Gasteiger partial charge is 0.320 e. The van der Waals surface area contributed by atoms with Crippen molar-refractivity contribution in [2.75, 3.05) is 5.32 Å². The zero-order valence-corrected chi connectivity index (χ0v) is 18.0. The maximum Gasteiger partial charge on any atom is 0.272 e. The third-order valence-electron chi connectivity index (χ3n) is 4.32. The normalized spacial score (nSPS) is 11.0. The van der Waals surface area contributed by atoms with E-state index in [9.17, 15) is 19.7 Å². The van der Waals surface area contributed by atoms with E-state index in [-0.39, 0.29) is 11.4 Å². The number of aryl methyl sites for hydroxylation is 1. The minimum atomic E-state index is -0.535. The minimum Gasteiger partial charge on any atom is -0.320 e. The van der Waals surface area contributed by atoms with Crippen molar-refractivity contribution >= 4 is 45.2 Å². The molecule has 156 valence electrons. The van der Waals surface area contributed by atoms with Crippen LogP contribution in [-0.2, 0) is 4.79 Å². The molecular weight excluding hydrogens is 462 g/mol. The first-order chi connectivity index (χ1) is 14.8. The van der Waals surface area contributed by atoms with E-state index in [1.807, 2.05) is 19.1 Å². The summed E-state index contributed by atoms with van der Waals surface area (Å²) >= 11 is 3.42. The summed E-state index contributed by atoms with van der Waals surface area (Å²) in [5, 5.41) is 16.3. The van der Waals surface area contributed by atoms with Gasteiger partial charge in [0.1, 0.15) is 5.70 Å². The van der Waals surface area contributed by atoms with E-state index in [2.05, 4.69) is 26.6 Å². The fraction of sp³-hybridized carbons (Fsp3) is 0.0435. The van der Waals surface area contributed by atoms with Gasteiger partial charge in [0, 0.05) is 22.2 Å². The topological polar surface area (TPSA) is 101 Å². The number of amides is 2. The fourth-order valence-corrected chi connectivity index (χ4v) is 3.30. The number of benzene rings is 3. The lowest BCUT2D eigenvalue weighted by Gasteiger charge is -2.13. The van der Waals surface area contributed by atoms with Crippen LogP contribution in [0.1, 0.15) is 21.5 Å². The summed E-state index contributed by atoms with van der Waals surface area (Å²) in [5.41, 5.74) is 2.40. The van der Waals surface area contributed by atoms with Gasteiger partial charge < -0.3 is 10.6 Å². The van der Waals surface area contributed by atoms with Gasteiger partial charge in [0.2, 0.25) is 0 Å². The van der Waals surface area contributed by atoms with Crippen LogP contribution >= 0.6 is 15.9 Å². The average molecular weight is 480 g/mol. The monoisotopic (exact) mass is 479 g/mol. The highest BCUT2D eigenvalue weighted by Crippen LogP contribution is 2.24. The van der Waals surface area contributed by atoms with Crippen LogP contribution in [0.25, 0.3) is 6.08 Å². The molecule has 0 aliphatic carbocycles. The molecule has 0 bridgehead atoms. The number of carbonyl (C=O) groups excluding carboxylic acids is 2. The van der Waals surface area contributed by atoms with Gasteiger partial charge in [-0.05, 0) is 76.5 Å². The number of nitrogens with one attached hydrogen (secondary N) is 2. The number of rotatable bonds is 6. The Labute approximate surface area is 187 Å². The summed E-state index contributed by atoms with van der Waals surface area (Å²) in [7, 11) is 0. The molecule has 3 aromatic rings. The lowest BCUT2D eigenvalue weighted by Crippen LogP contribution is -2.30. The summed E-state index contributed by atoms with van der Waals surface area (Å²) in [6.07, 6.45) is 1.46. The zero-order valence-electron chi connectivity index (χ0n) is 16.5. The number of carbonyl (C=O) groups is 2. The third kappa shape index (κ3) is 5.86. The van der Waals surface area contributed by atoms with Gasteiger partial charge in [-0.1, -0.05) is 24.3 Å². The Bertz CT molecular complexity index is 1160. The van der Waals surface area contributed by atoms with E-state index in [1.54, 1.807) is 36.4 Å². The van der Waals surface area contributed by atoms with Crippen molar-refractivity contribution in [3.8, 4) is 0 Å². The zero-order chi connectivity index (χ0) is 22.4. The fourth-order valence-electron chi connectivity index (χ4n) is 2.71. The SMILES string of the molecule is Cc1ccc(NC(=O)C(=Cc2ccc([N+](=O)[O-])cc2)NC(=O)c2ccccc2)c(Br)c1. The number of nitrogens with zero attached hydrogens (tertiary/aromatic N) is 1. The number of halogens is 1. The van der Waals surface area contributed by atoms with Gasteiger partial charge in [-0.25, -0.2) is 0 Å². The van der Waals surface area contributed by atoms with E-state index < -0.39 is 16.7 Å². The van der Waals surface area contributed by atoms with Crippen LogP contribution < -0.4 is 10.6 Å². The van der Waals surface area contributed by atoms with Crippen LogP contribution in [-0.4, -0.2) is 16.7 Å². The molecule has 3 aromatic carbocycles. The molecule has 3 rings (SSSR count). The first-order valence-electron chi connectivity index (χ1n) is 9.23. The van der Waals surface area contributed by atoms with Crippen molar-refractivity contribution in [3.05, 3.63) is 110 Å². The van der Waals surface area contributed by atoms with E-state index in [4.69, 9.17) is 0 Å². The van der Waals surface area contributed by atoms with Crippen molar-refractivity contribution in [3.63, 3.8) is 0 Å². The Hall–Kier alpha value is -3.78. The van der Waals surface area contributed by atoms with Crippen LogP contribution in [0, 0.1) is 17.0 Å². The highest BCUT2D eigenvalue weighted by molar-refractivity contribution is 9.10. The molecule has 2 N–H and O–H groups in total. The lowest BCUT2D eigenvalue weighted by atomic mass is 10.1. The summed E-state index contributed by atoms with van der Waals surface area (Å²) in [4.78, 5) is 36.0. The van der Waals surface area contributed by atoms with Crippen molar-refractivity contribution in [1.29, 1.82) is 0 Å². The molecule has 31 heavy (non-hydrogen) atoms. The molecule has 0 unspecified atom stereocenters. The summed E-state index contributed by atoms with van der Waals surface area (Å²) in [5.74, 6) is -0.987. The molecule has 0 aromatic heterocycles. The molecule has 0 saturated carbocycles. The molecular formula is C23H18BrN3O4. The highest BCUT2D eigenvalue weighted by atomic mass is 79.9. The smallest absolute Gasteiger partial charge is 0.272 e. The van der Waals surface area contributed by atoms with Gasteiger partial charge in [-0.3, -0.25) is 19.7 Å². The molecule has 2 amide bonds. The molecule has 8 heteroatoms. The second kappa shape index (κ2) is 9.82. The Kier molecular flexibility index (Phi) is 6.94. The van der Waals surface area contributed by atoms with Crippen molar-refractivity contribution < 1.29 is 14.5 Å². The minimum absolute atomic E-state index is 0.00446. The van der Waals surface area contributed by atoms with Crippen molar-refractivity contribution in [1.82, 2.24) is 5.32 Å². The van der Waals surface area contributed by atoms with Crippen LogP contribution in [0.3, 0.4) is 0 Å². The first-order valence-corrected chi connectivity index (χ1v) is 10.0. The van der Waals surface area contributed by atoms with E-state index >= 15 is 0 Å². The maximum absolute atomic E-state index is 13.0. The summed E-state index contributed by atoms with van der Waals surface area (Å²) in [6.45, 7) is 1.93. The molecule has 0 radical (unpaired) electrons. The number of nitro benzene ring substituents is 1. The molecule has 0 saturated heterocycles. The van der Waals surface area contributed by atoms with Crippen LogP contribution in [0.4, 0.5) is 11.4 Å². The number of nitro groups is 1. The molecule has 0 aliphatic rings. The van der Waals surface area contributed by atoms with E-state index in [0.29, 0.717) is 21.3 Å². The Balaban J connectivity index is 1.91. The van der Waals surface area contributed by atoms with Crippen LogP contribution in [0.5, 0.6) is 0 Å². The molecule has 0 aliphatic heterocycles. The van der Waals surface area contributed by atoms with Gasteiger partial charge in [0.15, 0.2) is 0 Å². The first kappa shape index (κ1) is 21.9. The number of hydrogen-bond acceptors (Lipinski definition) is 4. The van der Waals surface area contributed by atoms with Gasteiger partial charge in [-0.15, -0.1) is 0 Å². The summed E-state index contributed by atoms with van der Waals surface area (Å²) < 4.78 is 0.699. The number of hydrogen-bond donors (Lipinski definition) is 2. The van der Waals surface area contributed by atoms with Crippen LogP contribution in [0.2, 0.25) is 0 Å². The second-order valence-corrected chi connectivity index (χ2v) is 7.52. The molecule has 0 spiro atoms. The predicted octanol–water partition coefficient (Wildman–Crippen LogP) is 5.08. The Morgan fingerprint density at radius 3 is 2.29 bits per heavy atom. The Morgan fingerprint density at radius 1 is 1.00 bits per heavy atom. The Morgan fingerprint density at radius 2 is 1.68 bits per heavy atom. The standard InChI is InChI=1S/C23H18BrN3O4/c1-15-7-12-20(19(24)13-15)25-23(29)21(26-22(28)17-5-3-2-4-6-17)14-16-8-10-18(11-9-16)27(30)31/h2-14H,1H3,(H,25,29)(H,26,28). The van der Waals surface area contributed by atoms with Gasteiger partial charge >= 0.3 is 0 Å². The maximum atomic E-state index is 13.0. The van der Waals surface area contributed by atoms with Crippen molar-refractivity contribution in [2.24, 2.45) is 0 Å². The second-order valence-electron chi connectivity index (χ2n) is 6.66. The average Bonchev–Trinajstić information content (AvgIpc) is 2.76. The number of anilines is 1. The van der Waals surface area contributed by atoms with E-state index in [1.165, 1.54) is 30.3 Å². The lowest BCUT2D eigenvalue weighted by molar-refractivity contribution is -0.384. The van der Waals surface area contributed by atoms with Gasteiger partial charge in [0.05, 0.1) is 10.6 Å². The highest BCUT2D eigenvalue weighted by Gasteiger charge is 2.16. The van der Waals surface area contributed by atoms with Crippen molar-refractivity contribution in [2.45, 2.75) is 6.92 Å². The summed E-state index contributed by atoms with van der Waals surface area (Å²) in [6, 6.07) is 19.6.